The van der Waals surface area contributed by atoms with Crippen LogP contribution in [-0.4, -0.2) is 48.6 Å². The second-order valence-corrected chi connectivity index (χ2v) is 7.10. The van der Waals surface area contributed by atoms with Crippen molar-refractivity contribution in [3.63, 3.8) is 0 Å². The summed E-state index contributed by atoms with van der Waals surface area (Å²) < 4.78 is 10.7. The number of ether oxygens (including phenoxy) is 2. The molecule has 1 saturated heterocycles. The Hall–Kier alpha value is -3.09. The van der Waals surface area contributed by atoms with Crippen LogP contribution < -0.4 is 4.74 Å². The minimum absolute atomic E-state index is 0.000703. The Morgan fingerprint density at radius 1 is 1.23 bits per heavy atom. The van der Waals surface area contributed by atoms with Crippen LogP contribution in [0.5, 0.6) is 5.75 Å². The van der Waals surface area contributed by atoms with E-state index in [1.807, 2.05) is 0 Å². The molecule has 1 aliphatic heterocycles. The van der Waals surface area contributed by atoms with Crippen molar-refractivity contribution >= 4 is 29.1 Å². The molecule has 1 amide bonds. The Kier molecular flexibility index (Phi) is 6.92. The number of benzene rings is 2. The number of carbonyl (C=O) groups excluding carboxylic acids is 2. The molecule has 6 nitrogen and oxygen atoms in total. The van der Waals surface area contributed by atoms with Crippen LogP contribution >= 0.6 is 11.6 Å². The lowest BCUT2D eigenvalue weighted by Crippen LogP contribution is -2.32. The summed E-state index contributed by atoms with van der Waals surface area (Å²) in [6.45, 7) is 4.38. The lowest BCUT2D eigenvalue weighted by molar-refractivity contribution is -0.140. The van der Waals surface area contributed by atoms with Crippen LogP contribution in [0.15, 0.2) is 66.8 Å². The topological polar surface area (TPSA) is 76.1 Å². The first-order chi connectivity index (χ1) is 14.5. The highest BCUT2D eigenvalue weighted by Gasteiger charge is 2.46. The first-order valence-electron chi connectivity index (χ1n) is 9.35. The van der Waals surface area contributed by atoms with Gasteiger partial charge in [-0.3, -0.25) is 9.59 Å². The number of Topliss-reactive ketones (excluding diaryl/α,β-unsaturated/α-hetero) is 1. The highest BCUT2D eigenvalue weighted by atomic mass is 35.5. The Morgan fingerprint density at radius 3 is 2.70 bits per heavy atom. The predicted octanol–water partition coefficient (Wildman–Crippen LogP) is 3.97. The number of aliphatic hydroxyl groups excluding tert-OH is 1. The number of amides is 1. The summed E-state index contributed by atoms with van der Waals surface area (Å²) in [4.78, 5) is 27.1. The Bertz CT molecular complexity index is 1000. The SMILES string of the molecule is C=CCOc1cccc(C2/C(=C(/O)c3cccc(Cl)c3)C(=O)C(=O)N2CCOC)c1. The molecule has 156 valence electrons. The van der Waals surface area contributed by atoms with E-state index >= 15 is 0 Å². The number of carbonyl (C=O) groups is 2. The number of nitrogens with zero attached hydrogens (tertiary/aromatic N) is 1. The molecule has 3 rings (SSSR count). The van der Waals surface area contributed by atoms with Gasteiger partial charge in [0, 0.05) is 24.2 Å². The maximum atomic E-state index is 12.9. The van der Waals surface area contributed by atoms with Gasteiger partial charge in [0.1, 0.15) is 18.1 Å². The van der Waals surface area contributed by atoms with Gasteiger partial charge < -0.3 is 19.5 Å². The monoisotopic (exact) mass is 427 g/mol. The number of hydrogen-bond acceptors (Lipinski definition) is 5. The summed E-state index contributed by atoms with van der Waals surface area (Å²) in [6, 6.07) is 12.8. The average molecular weight is 428 g/mol. The summed E-state index contributed by atoms with van der Waals surface area (Å²) in [6.07, 6.45) is 1.62. The first-order valence-corrected chi connectivity index (χ1v) is 9.72. The normalized spacial score (nSPS) is 17.9. The van der Waals surface area contributed by atoms with E-state index in [1.165, 1.54) is 12.0 Å². The second kappa shape index (κ2) is 9.61. The molecule has 0 aliphatic carbocycles. The van der Waals surface area contributed by atoms with E-state index < -0.39 is 17.7 Å². The van der Waals surface area contributed by atoms with E-state index in [4.69, 9.17) is 21.1 Å². The fraction of sp³-hybridized carbons (Fsp3) is 0.217. The van der Waals surface area contributed by atoms with Crippen LogP contribution in [0.4, 0.5) is 0 Å². The third kappa shape index (κ3) is 4.40. The van der Waals surface area contributed by atoms with Crippen LogP contribution in [0, 0.1) is 0 Å². The number of ketones is 1. The van der Waals surface area contributed by atoms with Gasteiger partial charge in [-0.25, -0.2) is 0 Å². The molecule has 0 radical (unpaired) electrons. The summed E-state index contributed by atoms with van der Waals surface area (Å²) >= 11 is 6.04. The molecule has 30 heavy (non-hydrogen) atoms. The fourth-order valence-electron chi connectivity index (χ4n) is 3.37. The zero-order valence-corrected chi connectivity index (χ0v) is 17.3. The van der Waals surface area contributed by atoms with Crippen molar-refractivity contribution in [3.8, 4) is 5.75 Å². The van der Waals surface area contributed by atoms with E-state index in [0.717, 1.165) is 0 Å². The Balaban J connectivity index is 2.14. The third-order valence-corrected chi connectivity index (χ3v) is 4.95. The molecule has 1 unspecified atom stereocenters. The minimum atomic E-state index is -0.786. The number of halogens is 1. The van der Waals surface area contributed by atoms with Gasteiger partial charge in [-0.15, -0.1) is 0 Å². The highest BCUT2D eigenvalue weighted by molar-refractivity contribution is 6.46. The van der Waals surface area contributed by atoms with E-state index in [1.54, 1.807) is 54.6 Å². The number of aliphatic hydroxyl groups is 1. The third-order valence-electron chi connectivity index (χ3n) is 4.72. The molecule has 0 spiro atoms. The van der Waals surface area contributed by atoms with Gasteiger partial charge in [0.25, 0.3) is 11.7 Å². The maximum Gasteiger partial charge on any atom is 0.295 e. The molecular weight excluding hydrogens is 406 g/mol. The van der Waals surface area contributed by atoms with Crippen molar-refractivity contribution in [1.82, 2.24) is 4.90 Å². The van der Waals surface area contributed by atoms with E-state index in [0.29, 0.717) is 28.5 Å². The summed E-state index contributed by atoms with van der Waals surface area (Å²) in [5.74, 6) is -1.17. The first kappa shape index (κ1) is 21.6. The van der Waals surface area contributed by atoms with E-state index in [9.17, 15) is 14.7 Å². The van der Waals surface area contributed by atoms with Gasteiger partial charge in [0.05, 0.1) is 18.2 Å². The largest absolute Gasteiger partial charge is 0.507 e. The van der Waals surface area contributed by atoms with Crippen LogP contribution in [-0.2, 0) is 14.3 Å². The minimum Gasteiger partial charge on any atom is -0.507 e. The summed E-state index contributed by atoms with van der Waals surface area (Å²) in [5, 5.41) is 11.4. The quantitative estimate of drug-likeness (QED) is 0.298. The average Bonchev–Trinajstić information content (AvgIpc) is 3.00. The fourth-order valence-corrected chi connectivity index (χ4v) is 3.56. The zero-order chi connectivity index (χ0) is 21.7. The highest BCUT2D eigenvalue weighted by Crippen LogP contribution is 2.40. The summed E-state index contributed by atoms with van der Waals surface area (Å²) in [7, 11) is 1.52. The second-order valence-electron chi connectivity index (χ2n) is 6.67. The van der Waals surface area contributed by atoms with Crippen LogP contribution in [0.3, 0.4) is 0 Å². The summed E-state index contributed by atoms with van der Waals surface area (Å²) in [5.41, 5.74) is 0.992. The van der Waals surface area contributed by atoms with Crippen molar-refractivity contribution in [2.75, 3.05) is 26.9 Å². The number of hydrogen-bond donors (Lipinski definition) is 1. The predicted molar refractivity (Wildman–Crippen MR) is 114 cm³/mol. The van der Waals surface area contributed by atoms with Gasteiger partial charge >= 0.3 is 0 Å². The van der Waals surface area contributed by atoms with Gasteiger partial charge in [-0.1, -0.05) is 48.5 Å². The molecule has 0 bridgehead atoms. The number of likely N-dealkylation sites (tertiary alicyclic amines) is 1. The molecular formula is C23H22ClNO5. The number of methoxy groups -OCH3 is 1. The molecule has 1 fully saturated rings. The Labute approximate surface area is 180 Å². The van der Waals surface area contributed by atoms with Crippen LogP contribution in [0.1, 0.15) is 17.2 Å². The van der Waals surface area contributed by atoms with Gasteiger partial charge in [-0.05, 0) is 29.8 Å². The molecule has 1 atom stereocenters. The number of rotatable bonds is 8. The van der Waals surface area contributed by atoms with Crippen LogP contribution in [0.2, 0.25) is 5.02 Å². The molecule has 2 aromatic rings. The van der Waals surface area contributed by atoms with Crippen molar-refractivity contribution in [1.29, 1.82) is 0 Å². The standard InChI is InChI=1S/C23H22ClNO5/c1-3-11-30-18-9-5-6-15(14-18)20-19(21(26)16-7-4-8-17(24)13-16)22(27)23(28)25(20)10-12-29-2/h3-9,13-14,20,26H,1,10-12H2,2H3/b21-19-. The van der Waals surface area contributed by atoms with Gasteiger partial charge in [0.15, 0.2) is 0 Å². The molecule has 1 aliphatic rings. The van der Waals surface area contributed by atoms with Crippen molar-refractivity contribution in [3.05, 3.63) is 82.9 Å². The van der Waals surface area contributed by atoms with E-state index in [2.05, 4.69) is 6.58 Å². The van der Waals surface area contributed by atoms with Crippen LogP contribution in [0.25, 0.3) is 5.76 Å². The molecule has 1 N–H and O–H groups in total. The molecule has 0 aromatic heterocycles. The lowest BCUT2D eigenvalue weighted by Gasteiger charge is -2.25. The van der Waals surface area contributed by atoms with Crippen molar-refractivity contribution in [2.24, 2.45) is 0 Å². The van der Waals surface area contributed by atoms with E-state index in [-0.39, 0.29) is 24.5 Å². The molecule has 0 saturated carbocycles. The van der Waals surface area contributed by atoms with Gasteiger partial charge in [-0.2, -0.15) is 0 Å². The molecule has 1 heterocycles. The zero-order valence-electron chi connectivity index (χ0n) is 16.5. The van der Waals surface area contributed by atoms with Crippen molar-refractivity contribution < 1.29 is 24.2 Å². The lowest BCUT2D eigenvalue weighted by atomic mass is 9.95. The molecule has 2 aromatic carbocycles. The maximum absolute atomic E-state index is 12.9. The smallest absolute Gasteiger partial charge is 0.295 e. The molecule has 7 heteroatoms. The Morgan fingerprint density at radius 2 is 2.00 bits per heavy atom. The van der Waals surface area contributed by atoms with Gasteiger partial charge in [0.2, 0.25) is 0 Å². The van der Waals surface area contributed by atoms with Crippen molar-refractivity contribution in [2.45, 2.75) is 6.04 Å².